The molecule has 2 heterocycles. The molecule has 1 saturated heterocycles. The molecule has 2 aromatic rings. The van der Waals surface area contributed by atoms with E-state index in [0.29, 0.717) is 10.6 Å². The number of benzene rings is 1. The summed E-state index contributed by atoms with van der Waals surface area (Å²) < 4.78 is 0. The number of halogens is 1. The molecular formula is C14H12ClNOS2. The van der Waals surface area contributed by atoms with Gasteiger partial charge in [0, 0.05) is 27.8 Å². The zero-order chi connectivity index (χ0) is 13.2. The lowest BCUT2D eigenvalue weighted by Crippen LogP contribution is -2.30. The van der Waals surface area contributed by atoms with Crippen LogP contribution in [0, 0.1) is 0 Å². The Morgan fingerprint density at radius 2 is 2.21 bits per heavy atom. The van der Waals surface area contributed by atoms with E-state index in [1.54, 1.807) is 23.5 Å². The van der Waals surface area contributed by atoms with Gasteiger partial charge in [-0.05, 0) is 29.6 Å². The number of thiophene rings is 1. The number of hydrogen-bond acceptors (Lipinski definition) is 3. The first-order valence-corrected chi connectivity index (χ1v) is 8.28. The average molecular weight is 310 g/mol. The lowest BCUT2D eigenvalue weighted by molar-refractivity contribution is 0.0762. The van der Waals surface area contributed by atoms with Crippen molar-refractivity contribution in [3.05, 3.63) is 57.2 Å². The molecule has 0 radical (unpaired) electrons. The van der Waals surface area contributed by atoms with E-state index in [1.165, 1.54) is 4.88 Å². The maximum atomic E-state index is 12.6. The van der Waals surface area contributed by atoms with Gasteiger partial charge in [0.05, 0.1) is 0 Å². The Hall–Kier alpha value is -0.970. The van der Waals surface area contributed by atoms with Gasteiger partial charge >= 0.3 is 0 Å². The standard InChI is InChI=1S/C14H12ClNOS2/c15-11-4-1-3-10(9-11)13(17)16-6-8-19-14(16)12-5-2-7-18-12/h1-5,7,9,14H,6,8H2/t14-/m0/s1. The highest BCUT2D eigenvalue weighted by atomic mass is 35.5. The van der Waals surface area contributed by atoms with Gasteiger partial charge in [-0.3, -0.25) is 4.79 Å². The van der Waals surface area contributed by atoms with Crippen LogP contribution in [0.25, 0.3) is 0 Å². The van der Waals surface area contributed by atoms with Crippen LogP contribution in [0.4, 0.5) is 0 Å². The lowest BCUT2D eigenvalue weighted by Gasteiger charge is -2.23. The van der Waals surface area contributed by atoms with Crippen LogP contribution in [-0.4, -0.2) is 23.1 Å². The first kappa shape index (κ1) is 13.0. The van der Waals surface area contributed by atoms with E-state index in [0.717, 1.165) is 12.3 Å². The second-order valence-electron chi connectivity index (χ2n) is 4.25. The topological polar surface area (TPSA) is 20.3 Å². The Kier molecular flexibility index (Phi) is 3.82. The van der Waals surface area contributed by atoms with Crippen molar-refractivity contribution in [2.75, 3.05) is 12.3 Å². The molecule has 1 aliphatic rings. The Morgan fingerprint density at radius 1 is 1.32 bits per heavy atom. The van der Waals surface area contributed by atoms with Crippen molar-refractivity contribution in [2.24, 2.45) is 0 Å². The molecule has 0 N–H and O–H groups in total. The third kappa shape index (κ3) is 2.66. The molecule has 0 aliphatic carbocycles. The first-order chi connectivity index (χ1) is 9.25. The van der Waals surface area contributed by atoms with Gasteiger partial charge in [0.25, 0.3) is 5.91 Å². The molecule has 98 valence electrons. The van der Waals surface area contributed by atoms with Gasteiger partial charge in [0.1, 0.15) is 5.37 Å². The summed E-state index contributed by atoms with van der Waals surface area (Å²) in [6.45, 7) is 0.790. The third-order valence-electron chi connectivity index (χ3n) is 3.01. The summed E-state index contributed by atoms with van der Waals surface area (Å²) in [5, 5.41) is 2.80. The van der Waals surface area contributed by atoms with Gasteiger partial charge in [0.15, 0.2) is 0 Å². The Labute approximate surface area is 125 Å². The molecule has 1 aromatic heterocycles. The molecule has 5 heteroatoms. The van der Waals surface area contributed by atoms with Crippen LogP contribution < -0.4 is 0 Å². The number of carbonyl (C=O) groups is 1. The van der Waals surface area contributed by atoms with Crippen LogP contribution in [0.1, 0.15) is 20.6 Å². The van der Waals surface area contributed by atoms with Crippen molar-refractivity contribution in [1.29, 1.82) is 0 Å². The minimum absolute atomic E-state index is 0.0610. The molecule has 1 atom stereocenters. The van der Waals surface area contributed by atoms with Crippen LogP contribution in [-0.2, 0) is 0 Å². The molecule has 1 amide bonds. The van der Waals surface area contributed by atoms with Crippen molar-refractivity contribution < 1.29 is 4.79 Å². The summed E-state index contributed by atoms with van der Waals surface area (Å²) >= 11 is 9.47. The predicted octanol–water partition coefficient (Wildman–Crippen LogP) is 4.29. The van der Waals surface area contributed by atoms with Crippen LogP contribution in [0.2, 0.25) is 5.02 Å². The SMILES string of the molecule is O=C(c1cccc(Cl)c1)N1CCS[C@H]1c1cccs1. The van der Waals surface area contributed by atoms with Gasteiger partial charge in [-0.15, -0.1) is 23.1 Å². The molecule has 2 nitrogen and oxygen atoms in total. The fourth-order valence-electron chi connectivity index (χ4n) is 2.13. The summed E-state index contributed by atoms with van der Waals surface area (Å²) in [4.78, 5) is 15.7. The molecule has 0 bridgehead atoms. The maximum Gasteiger partial charge on any atom is 0.255 e. The fourth-order valence-corrected chi connectivity index (χ4v) is 4.56. The number of nitrogens with zero attached hydrogens (tertiary/aromatic N) is 1. The van der Waals surface area contributed by atoms with Crippen molar-refractivity contribution in [1.82, 2.24) is 4.90 Å². The monoisotopic (exact) mass is 309 g/mol. The third-order valence-corrected chi connectivity index (χ3v) is 5.56. The highest BCUT2D eigenvalue weighted by Gasteiger charge is 2.31. The molecule has 1 aromatic carbocycles. The molecule has 1 fully saturated rings. The molecule has 3 rings (SSSR count). The van der Waals surface area contributed by atoms with Crippen molar-refractivity contribution >= 4 is 40.6 Å². The van der Waals surface area contributed by atoms with E-state index in [-0.39, 0.29) is 11.3 Å². The predicted molar refractivity (Wildman–Crippen MR) is 82.0 cm³/mol. The normalized spacial score (nSPS) is 18.8. The first-order valence-electron chi connectivity index (χ1n) is 5.97. The minimum atomic E-state index is 0.0610. The van der Waals surface area contributed by atoms with Crippen LogP contribution in [0.5, 0.6) is 0 Å². The van der Waals surface area contributed by atoms with Crippen molar-refractivity contribution in [3.8, 4) is 0 Å². The van der Waals surface area contributed by atoms with Gasteiger partial charge in [0.2, 0.25) is 0 Å². The van der Waals surface area contributed by atoms with Crippen LogP contribution in [0.3, 0.4) is 0 Å². The molecule has 0 unspecified atom stereocenters. The zero-order valence-corrected chi connectivity index (χ0v) is 12.5. The Balaban J connectivity index is 1.87. The summed E-state index contributed by atoms with van der Waals surface area (Å²) in [6.07, 6.45) is 0. The van der Waals surface area contributed by atoms with Gasteiger partial charge < -0.3 is 4.90 Å². The molecular weight excluding hydrogens is 298 g/mol. The lowest BCUT2D eigenvalue weighted by atomic mass is 10.2. The second kappa shape index (κ2) is 5.57. The zero-order valence-electron chi connectivity index (χ0n) is 10.1. The van der Waals surface area contributed by atoms with Gasteiger partial charge in [-0.25, -0.2) is 0 Å². The summed E-state index contributed by atoms with van der Waals surface area (Å²) in [6, 6.07) is 11.3. The number of rotatable bonds is 2. The summed E-state index contributed by atoms with van der Waals surface area (Å²) in [7, 11) is 0. The van der Waals surface area contributed by atoms with Gasteiger partial charge in [-0.1, -0.05) is 23.7 Å². The molecule has 19 heavy (non-hydrogen) atoms. The van der Waals surface area contributed by atoms with E-state index in [9.17, 15) is 4.79 Å². The van der Waals surface area contributed by atoms with E-state index >= 15 is 0 Å². The molecule has 0 saturated carbocycles. The van der Waals surface area contributed by atoms with E-state index < -0.39 is 0 Å². The summed E-state index contributed by atoms with van der Waals surface area (Å²) in [5.74, 6) is 1.04. The molecule has 0 spiro atoms. The van der Waals surface area contributed by atoms with E-state index in [1.807, 2.05) is 34.9 Å². The van der Waals surface area contributed by atoms with E-state index in [4.69, 9.17) is 11.6 Å². The fraction of sp³-hybridized carbons (Fsp3) is 0.214. The smallest absolute Gasteiger partial charge is 0.255 e. The van der Waals surface area contributed by atoms with Crippen LogP contribution >= 0.6 is 34.7 Å². The number of carbonyl (C=O) groups excluding carboxylic acids is 1. The maximum absolute atomic E-state index is 12.6. The number of amides is 1. The minimum Gasteiger partial charge on any atom is -0.321 e. The van der Waals surface area contributed by atoms with E-state index in [2.05, 4.69) is 11.4 Å². The quantitative estimate of drug-likeness (QED) is 0.825. The highest BCUT2D eigenvalue weighted by Crippen LogP contribution is 2.40. The van der Waals surface area contributed by atoms with Crippen LogP contribution in [0.15, 0.2) is 41.8 Å². The summed E-state index contributed by atoms with van der Waals surface area (Å²) in [5.41, 5.74) is 0.663. The van der Waals surface area contributed by atoms with Crippen molar-refractivity contribution in [3.63, 3.8) is 0 Å². The second-order valence-corrected chi connectivity index (χ2v) is 6.85. The largest absolute Gasteiger partial charge is 0.321 e. The Morgan fingerprint density at radius 3 is 2.95 bits per heavy atom. The number of hydrogen-bond donors (Lipinski definition) is 0. The highest BCUT2D eigenvalue weighted by molar-refractivity contribution is 7.99. The van der Waals surface area contributed by atoms with Crippen molar-refractivity contribution in [2.45, 2.75) is 5.37 Å². The van der Waals surface area contributed by atoms with Gasteiger partial charge in [-0.2, -0.15) is 0 Å². The Bertz CT molecular complexity index is 585. The number of thioether (sulfide) groups is 1. The molecule has 1 aliphatic heterocycles. The average Bonchev–Trinajstić information content (AvgIpc) is 3.08.